The molecule has 4 bridgehead atoms. The van der Waals surface area contributed by atoms with E-state index >= 15 is 0 Å². The maximum absolute atomic E-state index is 14.5. The molecule has 0 radical (unpaired) electrons. The molecular weight excluding hydrogens is 1380 g/mol. The van der Waals surface area contributed by atoms with Crippen molar-refractivity contribution in [1.29, 1.82) is 0 Å². The second-order valence-corrected chi connectivity index (χ2v) is 33.8. The van der Waals surface area contributed by atoms with Gasteiger partial charge in [-0.05, 0) is 183 Å². The lowest BCUT2D eigenvalue weighted by Crippen LogP contribution is -2.49. The van der Waals surface area contributed by atoms with Crippen molar-refractivity contribution in [3.05, 3.63) is 152 Å². The summed E-state index contributed by atoms with van der Waals surface area (Å²) in [5.41, 5.74) is 4.54. The van der Waals surface area contributed by atoms with Crippen LogP contribution in [-0.2, 0) is 67.1 Å². The molecule has 0 saturated heterocycles. The van der Waals surface area contributed by atoms with Crippen molar-refractivity contribution in [3.63, 3.8) is 0 Å². The zero-order chi connectivity index (χ0) is 71.8. The number of hydrogen-bond acceptors (Lipinski definition) is 18. The molecule has 14 rings (SSSR count). The van der Waals surface area contributed by atoms with Crippen LogP contribution in [0.15, 0.2) is 106 Å². The number of amides is 4. The van der Waals surface area contributed by atoms with E-state index in [1.165, 1.54) is 58.2 Å². The Labute approximate surface area is 606 Å². The van der Waals surface area contributed by atoms with Gasteiger partial charge in [-0.15, -0.1) is 18.9 Å². The molecule has 8 heterocycles. The third-order valence-electron chi connectivity index (χ3n) is 21.6. The molecular formula is C74H90Cl2N12O12S2. The highest BCUT2D eigenvalue weighted by molar-refractivity contribution is 7.92. The van der Waals surface area contributed by atoms with E-state index in [2.05, 4.69) is 86.7 Å². The summed E-state index contributed by atoms with van der Waals surface area (Å²) >= 11 is 12.9. The lowest BCUT2D eigenvalue weighted by molar-refractivity contribution is 0.0130. The minimum Gasteiger partial charge on any atom is -0.489 e. The molecule has 2 saturated carbocycles. The fraction of sp³-hybridized carbons (Fsp3) is 0.514. The van der Waals surface area contributed by atoms with Crippen LogP contribution in [0.25, 0.3) is 0 Å². The fourth-order valence-electron chi connectivity index (χ4n) is 16.4. The minimum absolute atomic E-state index is 0.0228. The monoisotopic (exact) mass is 1470 g/mol. The minimum atomic E-state index is -3.63. The number of fused-ring (bicyclic) bond motifs is 8. The summed E-state index contributed by atoms with van der Waals surface area (Å²) in [4.78, 5) is 69.2. The highest BCUT2D eigenvalue weighted by Crippen LogP contribution is 2.49. The number of methoxy groups -OCH3 is 4. The van der Waals surface area contributed by atoms with Crippen molar-refractivity contribution in [2.45, 2.75) is 114 Å². The molecule has 4 aliphatic heterocycles. The molecule has 28 heteroatoms. The number of nitrogens with zero attached hydrogens (tertiary/aromatic N) is 10. The number of halogens is 2. The first kappa shape index (κ1) is 72.5. The zero-order valence-electron chi connectivity index (χ0n) is 58.9. The number of pyridine rings is 2. The molecule has 4 aliphatic carbocycles. The third-order valence-corrected chi connectivity index (χ3v) is 26.1. The average Bonchev–Trinajstić information content (AvgIpc) is 1.48. The summed E-state index contributed by atoms with van der Waals surface area (Å²) in [6, 6.07) is 19.0. The first-order chi connectivity index (χ1) is 49.0. The number of nitrogens with one attached hydrogen (secondary N) is 2. The number of anilines is 2. The molecule has 2 spiro atoms. The van der Waals surface area contributed by atoms with Gasteiger partial charge in [0.25, 0.3) is 11.8 Å². The Balaban J connectivity index is 0.000000182. The highest BCUT2D eigenvalue weighted by atomic mass is 35.5. The summed E-state index contributed by atoms with van der Waals surface area (Å²) in [6.45, 7) is 7.44. The lowest BCUT2D eigenvalue weighted by Gasteiger charge is -2.45. The Morgan fingerprint density at radius 3 is 1.40 bits per heavy atom. The molecule has 2 N–H and O–H groups in total. The quantitative estimate of drug-likeness (QED) is 0.134. The van der Waals surface area contributed by atoms with Gasteiger partial charge in [0.1, 0.15) is 42.3 Å². The summed E-state index contributed by atoms with van der Waals surface area (Å²) in [5.74, 6) is 0.193. The van der Waals surface area contributed by atoms with Gasteiger partial charge >= 0.3 is 11.8 Å². The average molecular weight is 1470 g/mol. The number of carbonyl (C=O) groups excluding carboxylic acids is 4. The Bertz CT molecular complexity index is 4260. The van der Waals surface area contributed by atoms with Crippen LogP contribution >= 0.6 is 23.2 Å². The molecule has 4 aromatic heterocycles. The topological polar surface area (TPSA) is 274 Å². The van der Waals surface area contributed by atoms with Crippen molar-refractivity contribution < 1.29 is 56.0 Å². The summed E-state index contributed by atoms with van der Waals surface area (Å²) in [5, 5.41) is 9.72. The van der Waals surface area contributed by atoms with Crippen molar-refractivity contribution in [2.75, 3.05) is 89.1 Å². The molecule has 2 aromatic carbocycles. The molecule has 2 fully saturated rings. The summed E-state index contributed by atoms with van der Waals surface area (Å²) in [7, 11) is 2.31. The number of ether oxygens (including phenoxy) is 6. The van der Waals surface area contributed by atoms with E-state index in [1.54, 1.807) is 52.6 Å². The van der Waals surface area contributed by atoms with Gasteiger partial charge in [0, 0.05) is 87.8 Å². The lowest BCUT2D eigenvalue weighted by atomic mass is 9.68. The smallest absolute Gasteiger partial charge is 0.305 e. The van der Waals surface area contributed by atoms with Crippen LogP contribution in [0.4, 0.5) is 11.6 Å². The Kier molecular flexibility index (Phi) is 21.4. The van der Waals surface area contributed by atoms with Crippen LogP contribution in [-0.4, -0.2) is 153 Å². The van der Waals surface area contributed by atoms with Crippen LogP contribution in [0.1, 0.15) is 142 Å². The largest absolute Gasteiger partial charge is 0.489 e. The summed E-state index contributed by atoms with van der Waals surface area (Å²) < 4.78 is 81.2. The molecule has 2 unspecified atom stereocenters. The summed E-state index contributed by atoms with van der Waals surface area (Å²) in [6.07, 6.45) is 22.1. The number of hydrogen-bond donors (Lipinski definition) is 2. The van der Waals surface area contributed by atoms with Crippen molar-refractivity contribution in [3.8, 4) is 23.3 Å². The van der Waals surface area contributed by atoms with Crippen LogP contribution in [0.5, 0.6) is 23.3 Å². The second-order valence-electron chi connectivity index (χ2n) is 28.9. The number of carbonyl (C=O) groups is 4. The maximum atomic E-state index is 14.5. The Morgan fingerprint density at radius 2 is 1.02 bits per heavy atom. The maximum Gasteiger partial charge on any atom is 0.305 e. The molecule has 4 amide bonds. The molecule has 6 aromatic rings. The van der Waals surface area contributed by atoms with Gasteiger partial charge in [0.15, 0.2) is 23.1 Å². The zero-order valence-corrected chi connectivity index (χ0v) is 62.1. The second kappa shape index (κ2) is 30.1. The van der Waals surface area contributed by atoms with Gasteiger partial charge in [0.05, 0.1) is 51.1 Å². The predicted octanol–water partition coefficient (Wildman–Crippen LogP) is 11.1. The highest BCUT2D eigenvalue weighted by Gasteiger charge is 2.48. The van der Waals surface area contributed by atoms with Gasteiger partial charge < -0.3 is 38.2 Å². The molecule has 12 atom stereocenters. The molecule has 24 nitrogen and oxygen atoms in total. The number of rotatable bonds is 8. The van der Waals surface area contributed by atoms with Gasteiger partial charge in [0.2, 0.25) is 11.8 Å². The van der Waals surface area contributed by atoms with E-state index in [1.807, 2.05) is 26.0 Å². The third kappa shape index (κ3) is 15.2. The van der Waals surface area contributed by atoms with E-state index < -0.39 is 43.5 Å². The first-order valence-electron chi connectivity index (χ1n) is 35.1. The molecule has 8 aliphatic rings. The van der Waals surface area contributed by atoms with Crippen LogP contribution in [0.3, 0.4) is 0 Å². The van der Waals surface area contributed by atoms with E-state index in [4.69, 9.17) is 61.6 Å². The van der Waals surface area contributed by atoms with Crippen LogP contribution in [0.2, 0.25) is 10.0 Å². The number of allylic oxidation sites excluding steroid dienone is 2. The number of aryl methyl sites for hydroxylation is 4. The van der Waals surface area contributed by atoms with E-state index in [9.17, 15) is 27.6 Å². The Morgan fingerprint density at radius 1 is 0.598 bits per heavy atom. The normalized spacial score (nSPS) is 29.7. The van der Waals surface area contributed by atoms with E-state index in [0.29, 0.717) is 99.0 Å². The fourth-order valence-corrected chi connectivity index (χ4v) is 20.5. The standard InChI is InChI=1S/2C37H45ClN6O6S/c2*1-23-7-5-9-31(48-3)27-12-10-25(27)18-44-21-37(16-6-8-24-17-26(38)11-13-29(24)37)22-50-32-15-14-30(39-33(32)44)35(46)42-51(47,20-23)41-34(45)28-19-43(2)40-36(28)49-4/h2*5,9,11,13-15,17,19,23,25,27,31H,6-8,10,12,16,18,20-22H2,1-4H3,(H,41,42,45,46,47)/b9-5+;9-5-/t2*23-,25-,27+,31-,37-,51?/m00/s1. The van der Waals surface area contributed by atoms with E-state index in [-0.39, 0.29) is 80.7 Å². The van der Waals surface area contributed by atoms with Gasteiger partial charge in [-0.25, -0.2) is 18.4 Å². The molecule has 544 valence electrons. The number of benzene rings is 2. The first-order valence-corrected chi connectivity index (χ1v) is 39.2. The Hall–Kier alpha value is -7.88. The van der Waals surface area contributed by atoms with Crippen molar-refractivity contribution in [1.82, 2.24) is 39.0 Å². The molecule has 102 heavy (non-hydrogen) atoms. The van der Waals surface area contributed by atoms with Crippen molar-refractivity contribution >= 4 is 78.3 Å². The predicted molar refractivity (Wildman–Crippen MR) is 390 cm³/mol. The van der Waals surface area contributed by atoms with Crippen LogP contribution in [0, 0.1) is 35.5 Å². The van der Waals surface area contributed by atoms with E-state index in [0.717, 1.165) is 74.3 Å². The van der Waals surface area contributed by atoms with Gasteiger partial charge in [-0.3, -0.25) is 38.0 Å². The van der Waals surface area contributed by atoms with Crippen molar-refractivity contribution in [2.24, 2.45) is 58.3 Å². The van der Waals surface area contributed by atoms with Crippen LogP contribution < -0.4 is 38.2 Å². The van der Waals surface area contributed by atoms with Gasteiger partial charge in [-0.1, -0.05) is 73.5 Å². The SMILES string of the molecule is COc1nn(C)cc1C(=O)NS1(=O)=NC(=O)c2ccc3c(n2)N(C[C@@H]2CC[C@H]2[C@@H](OC)/C=C/C[C@H](C)C1)C[C@@]1(CCCc2cc(Cl)ccc21)CO3.COc1nn(C)cc1C(=O)NS1(=O)=NC(=O)c2ccc3c(n2)N(C[C@@H]2CC[C@H]2[C@@H](OC)/C=C\C[C@H](C)C1)C[C@@]1(CCCc2cc(Cl)ccc21)CO3. The van der Waals surface area contributed by atoms with Gasteiger partial charge in [-0.2, -0.15) is 0 Å². The number of aromatic nitrogens is 6.